The van der Waals surface area contributed by atoms with Gasteiger partial charge in [0.2, 0.25) is 0 Å². The molecule has 0 N–H and O–H groups in total. The van der Waals surface area contributed by atoms with Crippen molar-refractivity contribution in [3.8, 4) is 0 Å². The molecule has 0 saturated carbocycles. The molecule has 0 aromatic carbocycles. The second-order valence-corrected chi connectivity index (χ2v) is 6.23. The molecule has 0 amide bonds. The van der Waals surface area contributed by atoms with E-state index in [1.54, 1.807) is 7.11 Å². The highest BCUT2D eigenvalue weighted by Gasteiger charge is 2.37. The largest absolute Gasteiger partial charge is 0.362 e. The number of hydrogen-bond donors (Lipinski definition) is 0. The van der Waals surface area contributed by atoms with E-state index in [9.17, 15) is 4.79 Å². The summed E-state index contributed by atoms with van der Waals surface area (Å²) in [7, 11) is 1.63. The zero-order valence-electron chi connectivity index (χ0n) is 13.6. The molecule has 0 saturated heterocycles. The number of carbonyl (C=O) groups is 1. The van der Waals surface area contributed by atoms with Crippen LogP contribution in [0.5, 0.6) is 0 Å². The van der Waals surface area contributed by atoms with Gasteiger partial charge in [-0.15, -0.1) is 0 Å². The molecule has 1 atom stereocenters. The van der Waals surface area contributed by atoms with Crippen LogP contribution < -0.4 is 0 Å². The summed E-state index contributed by atoms with van der Waals surface area (Å²) in [5.74, 6) is 0.988. The molecular formula is C18H30O2. The summed E-state index contributed by atoms with van der Waals surface area (Å²) in [5.41, 5.74) is 0.253. The smallest absolute Gasteiger partial charge is 0.172 e. The number of unbranched alkanes of at least 4 members (excludes halogenated alkanes) is 3. The lowest BCUT2D eigenvalue weighted by Gasteiger charge is -2.31. The van der Waals surface area contributed by atoms with Crippen LogP contribution in [0.15, 0.2) is 23.8 Å². The number of methoxy groups -OCH3 is 1. The van der Waals surface area contributed by atoms with Crippen molar-refractivity contribution in [1.29, 1.82) is 0 Å². The minimum Gasteiger partial charge on any atom is -0.362 e. The number of ketones is 1. The minimum absolute atomic E-state index is 0.202. The predicted molar refractivity (Wildman–Crippen MR) is 84.8 cm³/mol. The Kier molecular flexibility index (Phi) is 7.22. The van der Waals surface area contributed by atoms with Crippen molar-refractivity contribution < 1.29 is 9.53 Å². The maximum atomic E-state index is 12.5. The molecule has 1 unspecified atom stereocenters. The third-order valence-corrected chi connectivity index (χ3v) is 4.17. The Labute approximate surface area is 124 Å². The maximum Gasteiger partial charge on any atom is 0.172 e. The molecule has 2 nitrogen and oxygen atoms in total. The van der Waals surface area contributed by atoms with Gasteiger partial charge in [0.1, 0.15) is 0 Å². The molecule has 1 aliphatic rings. The van der Waals surface area contributed by atoms with E-state index < -0.39 is 5.60 Å². The van der Waals surface area contributed by atoms with Crippen molar-refractivity contribution in [1.82, 2.24) is 0 Å². The van der Waals surface area contributed by atoms with Gasteiger partial charge in [-0.2, -0.15) is 0 Å². The molecular weight excluding hydrogens is 248 g/mol. The Bertz CT molecular complexity index is 366. The normalized spacial score (nSPS) is 22.1. The number of ether oxygens (including phenoxy) is 1. The molecule has 0 aromatic heterocycles. The lowest BCUT2D eigenvalue weighted by molar-refractivity contribution is -0.132. The number of carbonyl (C=O) groups excluding carboxylic acids is 1. The molecule has 0 heterocycles. The quantitative estimate of drug-likeness (QED) is 0.445. The summed E-state index contributed by atoms with van der Waals surface area (Å²) >= 11 is 0. The van der Waals surface area contributed by atoms with E-state index in [1.165, 1.54) is 19.3 Å². The molecule has 1 aliphatic carbocycles. The van der Waals surface area contributed by atoms with Crippen LogP contribution in [0.4, 0.5) is 0 Å². The van der Waals surface area contributed by atoms with Crippen LogP contribution in [-0.4, -0.2) is 18.5 Å². The first kappa shape index (κ1) is 17.2. The fourth-order valence-corrected chi connectivity index (χ4v) is 2.80. The van der Waals surface area contributed by atoms with Crippen molar-refractivity contribution in [3.05, 3.63) is 23.8 Å². The van der Waals surface area contributed by atoms with Crippen molar-refractivity contribution in [2.75, 3.05) is 7.11 Å². The SMILES string of the molecule is COC1(C(=O)CCCCCCC(C)C)C=CCC=C1C. The second-order valence-electron chi connectivity index (χ2n) is 6.23. The molecule has 0 aliphatic heterocycles. The molecule has 0 radical (unpaired) electrons. The van der Waals surface area contributed by atoms with Crippen molar-refractivity contribution >= 4 is 5.78 Å². The van der Waals surface area contributed by atoms with Gasteiger partial charge in [-0.05, 0) is 37.3 Å². The highest BCUT2D eigenvalue weighted by molar-refractivity contribution is 5.93. The summed E-state index contributed by atoms with van der Waals surface area (Å²) in [6.45, 7) is 6.51. The zero-order valence-corrected chi connectivity index (χ0v) is 13.6. The first-order valence-corrected chi connectivity index (χ1v) is 7.96. The average Bonchev–Trinajstić information content (AvgIpc) is 2.43. The topological polar surface area (TPSA) is 26.3 Å². The highest BCUT2D eigenvalue weighted by atomic mass is 16.5. The van der Waals surface area contributed by atoms with E-state index in [-0.39, 0.29) is 5.78 Å². The number of rotatable bonds is 9. The van der Waals surface area contributed by atoms with Crippen LogP contribution >= 0.6 is 0 Å². The maximum absolute atomic E-state index is 12.5. The van der Waals surface area contributed by atoms with E-state index in [4.69, 9.17) is 4.74 Å². The van der Waals surface area contributed by atoms with Crippen LogP contribution in [0.3, 0.4) is 0 Å². The Hall–Kier alpha value is -0.890. The Morgan fingerprint density at radius 2 is 2.00 bits per heavy atom. The molecule has 20 heavy (non-hydrogen) atoms. The van der Waals surface area contributed by atoms with Crippen molar-refractivity contribution in [3.63, 3.8) is 0 Å². The Morgan fingerprint density at radius 1 is 1.30 bits per heavy atom. The molecule has 0 aromatic rings. The predicted octanol–water partition coefficient (Wildman–Crippen LogP) is 4.84. The molecule has 114 valence electrons. The number of hydrogen-bond acceptors (Lipinski definition) is 2. The minimum atomic E-state index is -0.782. The van der Waals surface area contributed by atoms with E-state index in [2.05, 4.69) is 19.9 Å². The van der Waals surface area contributed by atoms with Gasteiger partial charge in [0.15, 0.2) is 11.4 Å². The van der Waals surface area contributed by atoms with Crippen molar-refractivity contribution in [2.24, 2.45) is 5.92 Å². The van der Waals surface area contributed by atoms with E-state index in [1.807, 2.05) is 19.1 Å². The number of allylic oxidation sites excluding steroid dienone is 2. The average molecular weight is 278 g/mol. The molecule has 2 heteroatoms. The van der Waals surface area contributed by atoms with E-state index in [0.717, 1.165) is 30.8 Å². The van der Waals surface area contributed by atoms with Gasteiger partial charge in [-0.25, -0.2) is 0 Å². The zero-order chi connectivity index (χ0) is 15.0. The van der Waals surface area contributed by atoms with E-state index in [0.29, 0.717) is 6.42 Å². The van der Waals surface area contributed by atoms with Gasteiger partial charge in [-0.1, -0.05) is 51.7 Å². The summed E-state index contributed by atoms with van der Waals surface area (Å²) in [6.07, 6.45) is 13.5. The summed E-state index contributed by atoms with van der Waals surface area (Å²) < 4.78 is 5.56. The second kappa shape index (κ2) is 8.41. The first-order chi connectivity index (χ1) is 9.53. The van der Waals surface area contributed by atoms with Gasteiger partial charge < -0.3 is 4.74 Å². The van der Waals surface area contributed by atoms with Gasteiger partial charge >= 0.3 is 0 Å². The van der Waals surface area contributed by atoms with Crippen molar-refractivity contribution in [2.45, 2.75) is 71.3 Å². The highest BCUT2D eigenvalue weighted by Crippen LogP contribution is 2.30. The van der Waals surface area contributed by atoms with Crippen LogP contribution in [-0.2, 0) is 9.53 Å². The van der Waals surface area contributed by atoms with Gasteiger partial charge in [0.05, 0.1) is 0 Å². The van der Waals surface area contributed by atoms with Crippen LogP contribution in [0.2, 0.25) is 0 Å². The fourth-order valence-electron chi connectivity index (χ4n) is 2.80. The first-order valence-electron chi connectivity index (χ1n) is 7.96. The molecule has 0 fully saturated rings. The van der Waals surface area contributed by atoms with Gasteiger partial charge in [0, 0.05) is 13.5 Å². The van der Waals surface area contributed by atoms with E-state index >= 15 is 0 Å². The van der Waals surface area contributed by atoms with Crippen LogP contribution in [0, 0.1) is 5.92 Å². The van der Waals surface area contributed by atoms with Crippen LogP contribution in [0.1, 0.15) is 65.7 Å². The number of Topliss-reactive ketones (excluding diaryl/α,β-unsaturated/α-hetero) is 1. The monoisotopic (exact) mass is 278 g/mol. The standard InChI is InChI=1S/C18H30O2/c1-15(2)11-7-5-6-8-13-17(19)18(20-4)14-10-9-12-16(18)3/h10,12,14-15H,5-9,11,13H2,1-4H3. The fraction of sp³-hybridized carbons (Fsp3) is 0.722. The summed E-state index contributed by atoms with van der Waals surface area (Å²) in [5, 5.41) is 0. The lowest BCUT2D eigenvalue weighted by atomic mass is 9.83. The van der Waals surface area contributed by atoms with Crippen LogP contribution in [0.25, 0.3) is 0 Å². The molecule has 0 spiro atoms. The Morgan fingerprint density at radius 3 is 2.60 bits per heavy atom. The third-order valence-electron chi connectivity index (χ3n) is 4.17. The summed E-state index contributed by atoms with van der Waals surface area (Å²) in [6, 6.07) is 0. The van der Waals surface area contributed by atoms with Gasteiger partial charge in [-0.3, -0.25) is 4.79 Å². The summed E-state index contributed by atoms with van der Waals surface area (Å²) in [4.78, 5) is 12.5. The lowest BCUT2D eigenvalue weighted by Crippen LogP contribution is -2.41. The van der Waals surface area contributed by atoms with Gasteiger partial charge in [0.25, 0.3) is 0 Å². The Balaban J connectivity index is 2.36. The molecule has 1 rings (SSSR count). The molecule has 0 bridgehead atoms. The third kappa shape index (κ3) is 4.59.